The summed E-state index contributed by atoms with van der Waals surface area (Å²) in [5.41, 5.74) is 3.51. The fourth-order valence-corrected chi connectivity index (χ4v) is 5.88. The molecule has 1 amide bonds. The van der Waals surface area contributed by atoms with Crippen molar-refractivity contribution in [1.82, 2.24) is 14.0 Å². The Labute approximate surface area is 273 Å². The number of aromatic nitrogens is 2. The molecule has 2 N–H and O–H groups in total. The van der Waals surface area contributed by atoms with Gasteiger partial charge < -0.3 is 24.7 Å². The first-order valence-corrected chi connectivity index (χ1v) is 15.6. The fraction of sp³-hybridized carbons (Fsp3) is 0.333. The Kier molecular flexibility index (Phi) is 11.7. The van der Waals surface area contributed by atoms with E-state index in [9.17, 15) is 19.2 Å². The summed E-state index contributed by atoms with van der Waals surface area (Å²) >= 11 is 0. The van der Waals surface area contributed by atoms with Crippen LogP contribution in [0.15, 0.2) is 84.2 Å². The molecule has 3 aromatic carbocycles. The highest BCUT2D eigenvalue weighted by Crippen LogP contribution is 2.28. The number of amides is 1. The topological polar surface area (TPSA) is 134 Å². The van der Waals surface area contributed by atoms with Crippen LogP contribution in [0.3, 0.4) is 0 Å². The molecule has 5 rings (SSSR count). The number of carbonyl (C=O) groups is 3. The van der Waals surface area contributed by atoms with Crippen LogP contribution in [-0.2, 0) is 20.9 Å². The molecule has 11 heteroatoms. The summed E-state index contributed by atoms with van der Waals surface area (Å²) in [6, 6.07) is 20.2. The summed E-state index contributed by atoms with van der Waals surface area (Å²) in [5.74, 6) is -1.09. The SMILES string of the molecule is C=C(C)n1c(=O)n(CCN2CCC(CN(C(=O)CC)c3ccc4cc(OC)ccc4c3)CC2)c2ccccc21.O=C(O)/C=C/C(=O)O. The molecule has 1 aliphatic heterocycles. The zero-order valence-electron chi connectivity index (χ0n) is 27.1. The standard InChI is InChI=1S/C32H38N4O3.C4H4O4/c1-5-31(37)35(27-12-10-26-21-28(39-4)13-11-25(26)20-27)22-24-14-16-33(17-15-24)18-19-34-29-8-6-7-9-30(29)36(23(2)3)32(34)38;5-3(6)1-2-4(7)8/h6-13,20-21,24H,2,5,14-19,22H2,1,3-4H3;1-2H,(H,5,6)(H,7,8)/b;2-1+. The van der Waals surface area contributed by atoms with Gasteiger partial charge in [-0.3, -0.25) is 13.9 Å². The van der Waals surface area contributed by atoms with Gasteiger partial charge in [-0.2, -0.15) is 0 Å². The molecule has 0 radical (unpaired) electrons. The van der Waals surface area contributed by atoms with Crippen LogP contribution in [0.1, 0.15) is 33.1 Å². The zero-order chi connectivity index (χ0) is 34.1. The van der Waals surface area contributed by atoms with E-state index in [1.165, 1.54) is 0 Å². The largest absolute Gasteiger partial charge is 0.497 e. The molecule has 2 heterocycles. The third-order valence-corrected chi connectivity index (χ3v) is 8.32. The highest BCUT2D eigenvalue weighted by atomic mass is 16.5. The third-order valence-electron chi connectivity index (χ3n) is 8.32. The molecule has 11 nitrogen and oxygen atoms in total. The lowest BCUT2D eigenvalue weighted by Crippen LogP contribution is -2.42. The number of hydrogen-bond acceptors (Lipinski definition) is 6. The van der Waals surface area contributed by atoms with Crippen molar-refractivity contribution in [2.75, 3.05) is 38.2 Å². The number of allylic oxidation sites excluding steroid dienone is 1. The average molecular weight is 643 g/mol. The zero-order valence-corrected chi connectivity index (χ0v) is 27.1. The second-order valence-electron chi connectivity index (χ2n) is 11.5. The van der Waals surface area contributed by atoms with Crippen molar-refractivity contribution in [3.05, 3.63) is 89.9 Å². The Morgan fingerprint density at radius 3 is 2.15 bits per heavy atom. The molecule has 1 aromatic heterocycles. The number of benzene rings is 3. The predicted octanol–water partition coefficient (Wildman–Crippen LogP) is 5.32. The van der Waals surface area contributed by atoms with Crippen molar-refractivity contribution in [2.45, 2.75) is 39.7 Å². The van der Waals surface area contributed by atoms with Crippen molar-refractivity contribution >= 4 is 51.0 Å². The molecule has 1 saturated heterocycles. The molecule has 4 aromatic rings. The molecule has 0 saturated carbocycles. The van der Waals surface area contributed by atoms with Gasteiger partial charge in [-0.15, -0.1) is 0 Å². The van der Waals surface area contributed by atoms with Crippen LogP contribution in [0.4, 0.5) is 5.69 Å². The van der Waals surface area contributed by atoms with Crippen LogP contribution < -0.4 is 15.3 Å². The van der Waals surface area contributed by atoms with Crippen molar-refractivity contribution in [3.8, 4) is 5.75 Å². The minimum absolute atomic E-state index is 0.0267. The van der Waals surface area contributed by atoms with Gasteiger partial charge in [0.2, 0.25) is 5.91 Å². The minimum atomic E-state index is -1.26. The summed E-state index contributed by atoms with van der Waals surface area (Å²) in [6.45, 7) is 11.9. The fourth-order valence-electron chi connectivity index (χ4n) is 5.88. The normalized spacial score (nSPS) is 13.8. The highest BCUT2D eigenvalue weighted by molar-refractivity contribution is 5.96. The summed E-state index contributed by atoms with van der Waals surface area (Å²) in [6.07, 6.45) is 3.65. The molecule has 0 unspecified atom stereocenters. The minimum Gasteiger partial charge on any atom is -0.497 e. The van der Waals surface area contributed by atoms with Crippen molar-refractivity contribution < 1.29 is 29.3 Å². The molecule has 0 bridgehead atoms. The van der Waals surface area contributed by atoms with Gasteiger partial charge in [-0.25, -0.2) is 14.4 Å². The molecule has 0 atom stereocenters. The molecule has 1 fully saturated rings. The van der Waals surface area contributed by atoms with E-state index in [-0.39, 0.29) is 11.6 Å². The molecule has 47 heavy (non-hydrogen) atoms. The van der Waals surface area contributed by atoms with E-state index in [4.69, 9.17) is 14.9 Å². The molecule has 248 valence electrons. The number of piperidine rings is 1. The van der Waals surface area contributed by atoms with E-state index in [0.717, 1.165) is 78.0 Å². The van der Waals surface area contributed by atoms with Crippen molar-refractivity contribution in [1.29, 1.82) is 0 Å². The number of ether oxygens (including phenoxy) is 1. The predicted molar refractivity (Wildman–Crippen MR) is 184 cm³/mol. The number of rotatable bonds is 11. The van der Waals surface area contributed by atoms with Gasteiger partial charge >= 0.3 is 17.6 Å². The number of hydrogen-bond donors (Lipinski definition) is 2. The van der Waals surface area contributed by atoms with Crippen LogP contribution >= 0.6 is 0 Å². The van der Waals surface area contributed by atoms with E-state index in [1.54, 1.807) is 11.7 Å². The lowest BCUT2D eigenvalue weighted by Gasteiger charge is -2.35. The first-order valence-electron chi connectivity index (χ1n) is 15.6. The molecule has 0 aliphatic carbocycles. The number of likely N-dealkylation sites (tertiary alicyclic amines) is 1. The van der Waals surface area contributed by atoms with Gasteiger partial charge in [0.15, 0.2) is 0 Å². The molecule has 0 spiro atoms. The number of carbonyl (C=O) groups excluding carboxylic acids is 1. The van der Waals surface area contributed by atoms with Gasteiger partial charge in [-0.05, 0) is 85.9 Å². The van der Waals surface area contributed by atoms with E-state index < -0.39 is 11.9 Å². The van der Waals surface area contributed by atoms with Gasteiger partial charge in [0.05, 0.1) is 18.1 Å². The number of imidazole rings is 1. The summed E-state index contributed by atoms with van der Waals surface area (Å²) < 4.78 is 8.92. The van der Waals surface area contributed by atoms with Gasteiger partial charge in [0.25, 0.3) is 0 Å². The Morgan fingerprint density at radius 1 is 0.936 bits per heavy atom. The monoisotopic (exact) mass is 642 g/mol. The van der Waals surface area contributed by atoms with Gasteiger partial charge in [-0.1, -0.05) is 37.8 Å². The number of nitrogens with zero attached hydrogens (tertiary/aromatic N) is 4. The third kappa shape index (κ3) is 8.76. The second kappa shape index (κ2) is 15.9. The molecule has 1 aliphatic rings. The first kappa shape index (κ1) is 34.7. The van der Waals surface area contributed by atoms with E-state index in [0.29, 0.717) is 31.0 Å². The quantitative estimate of drug-likeness (QED) is 0.210. The smallest absolute Gasteiger partial charge is 0.333 e. The first-order chi connectivity index (χ1) is 22.5. The van der Waals surface area contributed by atoms with Crippen LogP contribution in [0.25, 0.3) is 27.5 Å². The maximum atomic E-state index is 13.1. The summed E-state index contributed by atoms with van der Waals surface area (Å²) in [4.78, 5) is 49.6. The number of carboxylic acid groups (broad SMARTS) is 2. The second-order valence-corrected chi connectivity index (χ2v) is 11.5. The van der Waals surface area contributed by atoms with E-state index in [2.05, 4.69) is 23.6 Å². The van der Waals surface area contributed by atoms with Crippen LogP contribution in [0.5, 0.6) is 5.75 Å². The Balaban J connectivity index is 0.000000555. The number of methoxy groups -OCH3 is 1. The molecular weight excluding hydrogens is 600 g/mol. The summed E-state index contributed by atoms with van der Waals surface area (Å²) in [5, 5.41) is 17.8. The number of fused-ring (bicyclic) bond motifs is 2. The van der Waals surface area contributed by atoms with Crippen LogP contribution in [0.2, 0.25) is 0 Å². The van der Waals surface area contributed by atoms with Crippen LogP contribution in [0, 0.1) is 5.92 Å². The number of para-hydroxylation sites is 2. The van der Waals surface area contributed by atoms with Crippen molar-refractivity contribution in [2.24, 2.45) is 5.92 Å². The van der Waals surface area contributed by atoms with Crippen LogP contribution in [-0.4, -0.2) is 75.4 Å². The lowest BCUT2D eigenvalue weighted by atomic mass is 9.95. The number of carboxylic acids is 2. The van der Waals surface area contributed by atoms with E-state index in [1.807, 2.05) is 71.8 Å². The Hall–Kier alpha value is -5.16. The highest BCUT2D eigenvalue weighted by Gasteiger charge is 2.25. The van der Waals surface area contributed by atoms with E-state index >= 15 is 0 Å². The average Bonchev–Trinajstić information content (AvgIpc) is 3.36. The Morgan fingerprint density at radius 2 is 1.55 bits per heavy atom. The number of aliphatic carboxylic acids is 2. The maximum absolute atomic E-state index is 13.1. The number of anilines is 1. The lowest BCUT2D eigenvalue weighted by molar-refractivity contribution is -0.134. The van der Waals surface area contributed by atoms with Gasteiger partial charge in [0, 0.05) is 49.6 Å². The summed E-state index contributed by atoms with van der Waals surface area (Å²) in [7, 11) is 1.67. The Bertz CT molecular complexity index is 1830. The van der Waals surface area contributed by atoms with Crippen molar-refractivity contribution in [3.63, 3.8) is 0 Å². The van der Waals surface area contributed by atoms with Gasteiger partial charge in [0.1, 0.15) is 5.75 Å². The maximum Gasteiger partial charge on any atom is 0.333 e. The molecular formula is C36H42N4O7.